The third-order valence-electron chi connectivity index (χ3n) is 1.59. The fraction of sp³-hybridized carbons (Fsp3) is 0.900. The number of carbonyl (C=O) groups excluding carboxylic acids is 1. The van der Waals surface area contributed by atoms with Crippen molar-refractivity contribution in [2.45, 2.75) is 39.1 Å². The Labute approximate surface area is 98.9 Å². The quantitative estimate of drug-likeness (QED) is 0.707. The second kappa shape index (κ2) is 6.80. The zero-order valence-corrected chi connectivity index (χ0v) is 10.3. The highest BCUT2D eigenvalue weighted by molar-refractivity contribution is 5.76. The maximum absolute atomic E-state index is 11.6. The van der Waals surface area contributed by atoms with Crippen LogP contribution in [-0.4, -0.2) is 37.5 Å². The lowest BCUT2D eigenvalue weighted by atomic mass is 10.1. The van der Waals surface area contributed by atoms with E-state index in [0.717, 1.165) is 0 Å². The number of hydrogen-bond donors (Lipinski definition) is 2. The summed E-state index contributed by atoms with van der Waals surface area (Å²) in [7, 11) is 0. The predicted octanol–water partition coefficient (Wildman–Crippen LogP) is 1.42. The molecule has 0 spiro atoms. The first-order valence-electron chi connectivity index (χ1n) is 5.32. The van der Waals surface area contributed by atoms with Crippen LogP contribution in [0.4, 0.5) is 13.2 Å². The molecular formula is C10H19F3N2O2. The summed E-state index contributed by atoms with van der Waals surface area (Å²) in [6.45, 7) is 5.50. The third kappa shape index (κ3) is 13.1. The van der Waals surface area contributed by atoms with Crippen molar-refractivity contribution >= 4 is 5.91 Å². The van der Waals surface area contributed by atoms with Crippen molar-refractivity contribution in [2.75, 3.05) is 19.7 Å². The summed E-state index contributed by atoms with van der Waals surface area (Å²) in [6, 6.07) is 0. The number of amides is 1. The number of carbonyl (C=O) groups is 1. The van der Waals surface area contributed by atoms with Crippen LogP contribution in [0.5, 0.6) is 0 Å². The first-order chi connectivity index (χ1) is 7.60. The lowest BCUT2D eigenvalue weighted by Gasteiger charge is -2.20. The van der Waals surface area contributed by atoms with E-state index in [1.165, 1.54) is 0 Å². The summed E-state index contributed by atoms with van der Waals surface area (Å²) in [5, 5.41) is 5.43. The molecule has 0 aromatic carbocycles. The molecule has 4 nitrogen and oxygen atoms in total. The van der Waals surface area contributed by atoms with E-state index in [1.807, 2.05) is 20.8 Å². The molecule has 0 atom stereocenters. The SMILES string of the molecule is CC(C)(C)NC(=O)CCNCCOC(F)(F)F. The fourth-order valence-corrected chi connectivity index (χ4v) is 1.05. The van der Waals surface area contributed by atoms with Gasteiger partial charge in [0.15, 0.2) is 0 Å². The van der Waals surface area contributed by atoms with E-state index in [9.17, 15) is 18.0 Å². The second-order valence-corrected chi connectivity index (χ2v) is 4.59. The normalized spacial score (nSPS) is 12.6. The zero-order chi connectivity index (χ0) is 13.5. The highest BCUT2D eigenvalue weighted by Gasteiger charge is 2.28. The van der Waals surface area contributed by atoms with E-state index in [4.69, 9.17) is 0 Å². The minimum atomic E-state index is -4.59. The first-order valence-corrected chi connectivity index (χ1v) is 5.32. The third-order valence-corrected chi connectivity index (χ3v) is 1.59. The number of ether oxygens (including phenoxy) is 1. The van der Waals surface area contributed by atoms with Gasteiger partial charge in [-0.25, -0.2) is 0 Å². The largest absolute Gasteiger partial charge is 0.522 e. The van der Waals surface area contributed by atoms with Crippen molar-refractivity contribution in [3.05, 3.63) is 0 Å². The van der Waals surface area contributed by atoms with Crippen LogP contribution in [-0.2, 0) is 9.53 Å². The number of alkyl halides is 3. The van der Waals surface area contributed by atoms with Crippen LogP contribution >= 0.6 is 0 Å². The Hall–Kier alpha value is -0.820. The molecule has 0 aliphatic rings. The molecule has 0 saturated carbocycles. The Bertz CT molecular complexity index is 237. The molecule has 0 fully saturated rings. The van der Waals surface area contributed by atoms with Crippen LogP contribution in [0.3, 0.4) is 0 Å². The van der Waals surface area contributed by atoms with Gasteiger partial charge in [0.2, 0.25) is 5.91 Å². The summed E-state index contributed by atoms with van der Waals surface area (Å²) in [5.41, 5.74) is -0.295. The molecule has 17 heavy (non-hydrogen) atoms. The average molecular weight is 256 g/mol. The summed E-state index contributed by atoms with van der Waals surface area (Å²) < 4.78 is 38.2. The molecule has 0 aromatic heterocycles. The Kier molecular flexibility index (Phi) is 6.48. The second-order valence-electron chi connectivity index (χ2n) is 4.59. The molecule has 0 unspecified atom stereocenters. The van der Waals surface area contributed by atoms with Crippen LogP contribution in [0, 0.1) is 0 Å². The molecule has 0 aliphatic heterocycles. The van der Waals surface area contributed by atoms with Crippen LogP contribution in [0.2, 0.25) is 0 Å². The molecular weight excluding hydrogens is 237 g/mol. The molecule has 0 radical (unpaired) electrons. The molecule has 7 heteroatoms. The van der Waals surface area contributed by atoms with Crippen LogP contribution in [0.25, 0.3) is 0 Å². The Balaban J connectivity index is 3.44. The Morgan fingerprint density at radius 1 is 1.18 bits per heavy atom. The molecule has 1 amide bonds. The molecule has 2 N–H and O–H groups in total. The van der Waals surface area contributed by atoms with E-state index in [1.54, 1.807) is 0 Å². The van der Waals surface area contributed by atoms with Gasteiger partial charge in [-0.15, -0.1) is 13.2 Å². The Morgan fingerprint density at radius 2 is 1.76 bits per heavy atom. The average Bonchev–Trinajstić information content (AvgIpc) is 2.06. The lowest BCUT2D eigenvalue weighted by molar-refractivity contribution is -0.323. The maximum atomic E-state index is 11.6. The van der Waals surface area contributed by atoms with Crippen LogP contribution in [0.1, 0.15) is 27.2 Å². The topological polar surface area (TPSA) is 50.4 Å². The lowest BCUT2D eigenvalue weighted by Crippen LogP contribution is -2.41. The van der Waals surface area contributed by atoms with E-state index < -0.39 is 13.0 Å². The highest BCUT2D eigenvalue weighted by atomic mass is 19.4. The summed E-state index contributed by atoms with van der Waals surface area (Å²) in [6.07, 6.45) is -4.37. The summed E-state index contributed by atoms with van der Waals surface area (Å²) >= 11 is 0. The van der Waals surface area contributed by atoms with Gasteiger partial charge < -0.3 is 10.6 Å². The van der Waals surface area contributed by atoms with Crippen molar-refractivity contribution in [3.63, 3.8) is 0 Å². The van der Waals surface area contributed by atoms with Crippen molar-refractivity contribution in [1.29, 1.82) is 0 Å². The van der Waals surface area contributed by atoms with E-state index in [-0.39, 0.29) is 24.4 Å². The standard InChI is InChI=1S/C10H19F3N2O2/c1-9(2,3)15-8(16)4-5-14-6-7-17-10(11,12)13/h14H,4-7H2,1-3H3,(H,15,16). The van der Waals surface area contributed by atoms with E-state index in [2.05, 4.69) is 15.4 Å². The van der Waals surface area contributed by atoms with Gasteiger partial charge in [0, 0.05) is 25.0 Å². The van der Waals surface area contributed by atoms with E-state index >= 15 is 0 Å². The first kappa shape index (κ1) is 16.2. The molecule has 0 bridgehead atoms. The number of hydrogen-bond acceptors (Lipinski definition) is 3. The molecule has 0 saturated heterocycles. The van der Waals surface area contributed by atoms with Gasteiger partial charge in [0.1, 0.15) is 0 Å². The number of nitrogens with one attached hydrogen (secondary N) is 2. The van der Waals surface area contributed by atoms with E-state index in [0.29, 0.717) is 6.54 Å². The fourth-order valence-electron chi connectivity index (χ4n) is 1.05. The van der Waals surface area contributed by atoms with Gasteiger partial charge in [-0.2, -0.15) is 0 Å². The van der Waals surface area contributed by atoms with Gasteiger partial charge in [0.25, 0.3) is 0 Å². The Morgan fingerprint density at radius 3 is 2.24 bits per heavy atom. The van der Waals surface area contributed by atoms with Gasteiger partial charge in [-0.3, -0.25) is 9.53 Å². The summed E-state index contributed by atoms with van der Waals surface area (Å²) in [4.78, 5) is 11.3. The zero-order valence-electron chi connectivity index (χ0n) is 10.3. The van der Waals surface area contributed by atoms with Crippen molar-refractivity contribution in [1.82, 2.24) is 10.6 Å². The molecule has 102 valence electrons. The minimum absolute atomic E-state index is 0.0578. The highest BCUT2D eigenvalue weighted by Crippen LogP contribution is 2.14. The minimum Gasteiger partial charge on any atom is -0.351 e. The van der Waals surface area contributed by atoms with Crippen molar-refractivity contribution in [3.8, 4) is 0 Å². The molecule has 0 aromatic rings. The van der Waals surface area contributed by atoms with Gasteiger partial charge in [0.05, 0.1) is 6.61 Å². The maximum Gasteiger partial charge on any atom is 0.522 e. The molecule has 0 heterocycles. The van der Waals surface area contributed by atoms with Gasteiger partial charge >= 0.3 is 6.36 Å². The summed E-state index contributed by atoms with van der Waals surface area (Å²) in [5.74, 6) is -0.137. The predicted molar refractivity (Wildman–Crippen MR) is 57.4 cm³/mol. The number of halogens is 3. The smallest absolute Gasteiger partial charge is 0.351 e. The molecule has 0 aliphatic carbocycles. The van der Waals surface area contributed by atoms with Crippen molar-refractivity contribution < 1.29 is 22.7 Å². The van der Waals surface area contributed by atoms with Crippen LogP contribution in [0.15, 0.2) is 0 Å². The molecule has 0 rings (SSSR count). The van der Waals surface area contributed by atoms with Gasteiger partial charge in [-0.05, 0) is 20.8 Å². The monoisotopic (exact) mass is 256 g/mol. The number of rotatable bonds is 6. The van der Waals surface area contributed by atoms with Crippen LogP contribution < -0.4 is 10.6 Å². The van der Waals surface area contributed by atoms with Gasteiger partial charge in [-0.1, -0.05) is 0 Å². The van der Waals surface area contributed by atoms with Crippen molar-refractivity contribution in [2.24, 2.45) is 0 Å².